The Morgan fingerprint density at radius 3 is 2.37 bits per heavy atom. The van der Waals surface area contributed by atoms with Gasteiger partial charge in [0.15, 0.2) is 0 Å². The SMILES string of the molecule is CCCc1cc(Br)c(Nc2ccnc(Nc3ccc(C#N)cc3)n2)c(Br)c1. The van der Waals surface area contributed by atoms with E-state index in [1.807, 2.05) is 18.2 Å². The standard InChI is InChI=1S/C20H17Br2N5/c1-2-3-14-10-16(21)19(17(22)11-14)26-18-8-9-24-20(27-18)25-15-6-4-13(12-23)5-7-15/h4-11H,2-3H2,1H3,(H2,24,25,26,27). The number of nitrogens with one attached hydrogen (secondary N) is 2. The predicted molar refractivity (Wildman–Crippen MR) is 116 cm³/mol. The molecule has 0 radical (unpaired) electrons. The lowest BCUT2D eigenvalue weighted by Crippen LogP contribution is -2.01. The molecule has 0 aliphatic heterocycles. The number of anilines is 4. The molecule has 0 bridgehead atoms. The molecule has 136 valence electrons. The molecule has 0 unspecified atom stereocenters. The van der Waals surface area contributed by atoms with Crippen LogP contribution < -0.4 is 10.6 Å². The summed E-state index contributed by atoms with van der Waals surface area (Å²) in [6.07, 6.45) is 3.82. The molecule has 0 amide bonds. The highest BCUT2D eigenvalue weighted by Crippen LogP contribution is 2.34. The first kappa shape index (κ1) is 19.3. The second-order valence-corrected chi connectivity index (χ2v) is 7.60. The van der Waals surface area contributed by atoms with Crippen molar-refractivity contribution in [1.82, 2.24) is 9.97 Å². The van der Waals surface area contributed by atoms with E-state index < -0.39 is 0 Å². The number of hydrogen-bond acceptors (Lipinski definition) is 5. The average Bonchev–Trinajstić information content (AvgIpc) is 2.66. The Morgan fingerprint density at radius 1 is 1.04 bits per heavy atom. The van der Waals surface area contributed by atoms with Gasteiger partial charge in [-0.1, -0.05) is 13.3 Å². The topological polar surface area (TPSA) is 73.6 Å². The van der Waals surface area contributed by atoms with Crippen molar-refractivity contribution in [2.45, 2.75) is 19.8 Å². The molecule has 2 aromatic carbocycles. The molecule has 27 heavy (non-hydrogen) atoms. The van der Waals surface area contributed by atoms with Crippen LogP contribution >= 0.6 is 31.9 Å². The lowest BCUT2D eigenvalue weighted by Gasteiger charge is -2.13. The van der Waals surface area contributed by atoms with Gasteiger partial charge >= 0.3 is 0 Å². The van der Waals surface area contributed by atoms with Crippen LogP contribution in [0, 0.1) is 11.3 Å². The van der Waals surface area contributed by atoms with Gasteiger partial charge < -0.3 is 10.6 Å². The van der Waals surface area contributed by atoms with Crippen molar-refractivity contribution in [2.24, 2.45) is 0 Å². The van der Waals surface area contributed by atoms with Crippen LogP contribution in [-0.4, -0.2) is 9.97 Å². The van der Waals surface area contributed by atoms with E-state index in [0.29, 0.717) is 17.3 Å². The minimum Gasteiger partial charge on any atom is -0.338 e. The van der Waals surface area contributed by atoms with E-state index in [0.717, 1.165) is 33.2 Å². The highest BCUT2D eigenvalue weighted by Gasteiger charge is 2.09. The molecule has 5 nitrogen and oxygen atoms in total. The highest BCUT2D eigenvalue weighted by atomic mass is 79.9. The molecule has 7 heteroatoms. The Hall–Kier alpha value is -2.43. The normalized spacial score (nSPS) is 10.3. The van der Waals surface area contributed by atoms with Crippen LogP contribution in [0.15, 0.2) is 57.6 Å². The van der Waals surface area contributed by atoms with E-state index in [1.54, 1.807) is 18.3 Å². The summed E-state index contributed by atoms with van der Waals surface area (Å²) in [5.41, 5.74) is 3.61. The fourth-order valence-corrected chi connectivity index (χ4v) is 4.03. The maximum atomic E-state index is 8.88. The number of rotatable bonds is 6. The second-order valence-electron chi connectivity index (χ2n) is 5.89. The third kappa shape index (κ3) is 5.06. The molecular weight excluding hydrogens is 470 g/mol. The zero-order valence-corrected chi connectivity index (χ0v) is 17.8. The zero-order chi connectivity index (χ0) is 19.2. The maximum absolute atomic E-state index is 8.88. The molecule has 0 saturated carbocycles. The number of benzene rings is 2. The van der Waals surface area contributed by atoms with Crippen molar-refractivity contribution in [3.05, 3.63) is 68.7 Å². The summed E-state index contributed by atoms with van der Waals surface area (Å²) in [5.74, 6) is 1.14. The summed E-state index contributed by atoms with van der Waals surface area (Å²) in [7, 11) is 0. The molecule has 0 spiro atoms. The van der Waals surface area contributed by atoms with Crippen molar-refractivity contribution >= 4 is 55.0 Å². The molecule has 3 rings (SSSR count). The van der Waals surface area contributed by atoms with Crippen LogP contribution in [0.1, 0.15) is 24.5 Å². The largest absolute Gasteiger partial charge is 0.338 e. The van der Waals surface area contributed by atoms with E-state index in [9.17, 15) is 0 Å². The third-order valence-electron chi connectivity index (χ3n) is 3.82. The quantitative estimate of drug-likeness (QED) is 0.426. The molecule has 1 heterocycles. The maximum Gasteiger partial charge on any atom is 0.229 e. The number of aromatic nitrogens is 2. The molecule has 0 fully saturated rings. The second kappa shape index (κ2) is 8.98. The number of nitrogens with zero attached hydrogens (tertiary/aromatic N) is 3. The van der Waals surface area contributed by atoms with Gasteiger partial charge in [0.25, 0.3) is 0 Å². The van der Waals surface area contributed by atoms with Gasteiger partial charge in [0.05, 0.1) is 17.3 Å². The Bertz CT molecular complexity index is 957. The van der Waals surface area contributed by atoms with Crippen LogP contribution in [0.3, 0.4) is 0 Å². The fraction of sp³-hybridized carbons (Fsp3) is 0.150. The number of halogens is 2. The van der Waals surface area contributed by atoms with Crippen LogP contribution in [0.2, 0.25) is 0 Å². The highest BCUT2D eigenvalue weighted by molar-refractivity contribution is 9.11. The number of hydrogen-bond donors (Lipinski definition) is 2. The molecule has 0 aliphatic carbocycles. The summed E-state index contributed by atoms with van der Waals surface area (Å²) in [4.78, 5) is 8.76. The lowest BCUT2D eigenvalue weighted by molar-refractivity contribution is 0.920. The predicted octanol–water partition coefficient (Wildman–Crippen LogP) is 6.31. The van der Waals surface area contributed by atoms with Crippen molar-refractivity contribution in [3.63, 3.8) is 0 Å². The number of aryl methyl sites for hydroxylation is 1. The van der Waals surface area contributed by atoms with Gasteiger partial charge in [-0.25, -0.2) is 4.98 Å². The molecule has 2 N–H and O–H groups in total. The third-order valence-corrected chi connectivity index (χ3v) is 5.07. The van der Waals surface area contributed by atoms with Crippen molar-refractivity contribution in [3.8, 4) is 6.07 Å². The molecule has 0 atom stereocenters. The zero-order valence-electron chi connectivity index (χ0n) is 14.6. The van der Waals surface area contributed by atoms with Crippen molar-refractivity contribution in [2.75, 3.05) is 10.6 Å². The van der Waals surface area contributed by atoms with E-state index in [1.165, 1.54) is 5.56 Å². The Balaban J connectivity index is 1.79. The van der Waals surface area contributed by atoms with Gasteiger partial charge in [0.2, 0.25) is 5.95 Å². The van der Waals surface area contributed by atoms with Crippen LogP contribution in [0.25, 0.3) is 0 Å². The van der Waals surface area contributed by atoms with Gasteiger partial charge in [-0.15, -0.1) is 0 Å². The van der Waals surface area contributed by atoms with E-state index in [2.05, 4.69) is 77.6 Å². The average molecular weight is 487 g/mol. The van der Waals surface area contributed by atoms with Gasteiger partial charge in [0, 0.05) is 20.8 Å². The fourth-order valence-electron chi connectivity index (χ4n) is 2.55. The van der Waals surface area contributed by atoms with Gasteiger partial charge in [-0.05, 0) is 86.3 Å². The minimum absolute atomic E-state index is 0.472. The number of nitriles is 1. The van der Waals surface area contributed by atoms with Crippen LogP contribution in [-0.2, 0) is 6.42 Å². The van der Waals surface area contributed by atoms with E-state index in [-0.39, 0.29) is 0 Å². The molecule has 1 aromatic heterocycles. The first-order chi connectivity index (χ1) is 13.1. The molecule has 0 aliphatic rings. The van der Waals surface area contributed by atoms with Crippen molar-refractivity contribution in [1.29, 1.82) is 5.26 Å². The Morgan fingerprint density at radius 2 is 1.74 bits per heavy atom. The molecular formula is C20H17Br2N5. The summed E-state index contributed by atoms with van der Waals surface area (Å²) >= 11 is 7.27. The summed E-state index contributed by atoms with van der Waals surface area (Å²) in [6.45, 7) is 2.16. The van der Waals surface area contributed by atoms with Gasteiger partial charge in [-0.3, -0.25) is 0 Å². The molecule has 0 saturated heterocycles. The van der Waals surface area contributed by atoms with Gasteiger partial charge in [0.1, 0.15) is 5.82 Å². The lowest BCUT2D eigenvalue weighted by atomic mass is 10.1. The van der Waals surface area contributed by atoms with Crippen LogP contribution in [0.4, 0.5) is 23.1 Å². The monoisotopic (exact) mass is 485 g/mol. The van der Waals surface area contributed by atoms with Crippen molar-refractivity contribution < 1.29 is 0 Å². The smallest absolute Gasteiger partial charge is 0.229 e. The summed E-state index contributed by atoms with van der Waals surface area (Å²) in [5, 5.41) is 15.3. The minimum atomic E-state index is 0.472. The van der Waals surface area contributed by atoms with E-state index >= 15 is 0 Å². The Kier molecular flexibility index (Phi) is 6.43. The summed E-state index contributed by atoms with van der Waals surface area (Å²) < 4.78 is 1.95. The van der Waals surface area contributed by atoms with Crippen LogP contribution in [0.5, 0.6) is 0 Å². The first-order valence-corrected chi connectivity index (χ1v) is 10.0. The summed E-state index contributed by atoms with van der Waals surface area (Å²) in [6, 6.07) is 15.3. The van der Waals surface area contributed by atoms with E-state index in [4.69, 9.17) is 5.26 Å². The first-order valence-electron chi connectivity index (χ1n) is 8.44. The van der Waals surface area contributed by atoms with Gasteiger partial charge in [-0.2, -0.15) is 10.2 Å². The molecule has 3 aromatic rings. The Labute approximate surface area is 175 Å².